The van der Waals surface area contributed by atoms with Gasteiger partial charge in [-0.15, -0.1) is 0 Å². The van der Waals surface area contributed by atoms with E-state index in [-0.39, 0.29) is 18.0 Å². The van der Waals surface area contributed by atoms with E-state index in [1.54, 1.807) is 0 Å². The van der Waals surface area contributed by atoms with Gasteiger partial charge in [-0.3, -0.25) is 19.9 Å². The Labute approximate surface area is 161 Å². The molecule has 27 heavy (non-hydrogen) atoms. The lowest BCUT2D eigenvalue weighted by molar-refractivity contribution is -0.125. The van der Waals surface area contributed by atoms with E-state index in [9.17, 15) is 9.59 Å². The van der Waals surface area contributed by atoms with E-state index < -0.39 is 6.03 Å². The van der Waals surface area contributed by atoms with Gasteiger partial charge >= 0.3 is 6.03 Å². The Morgan fingerprint density at radius 2 is 1.89 bits per heavy atom. The maximum Gasteiger partial charge on any atom is 0.321 e. The van der Waals surface area contributed by atoms with Crippen molar-refractivity contribution in [3.05, 3.63) is 29.3 Å². The fourth-order valence-electron chi connectivity index (χ4n) is 3.59. The van der Waals surface area contributed by atoms with Gasteiger partial charge < -0.3 is 10.1 Å². The summed E-state index contributed by atoms with van der Waals surface area (Å²) in [7, 11) is 0. The van der Waals surface area contributed by atoms with E-state index in [0.717, 1.165) is 51.5 Å². The molecule has 1 fully saturated rings. The van der Waals surface area contributed by atoms with Crippen LogP contribution >= 0.6 is 0 Å². The summed E-state index contributed by atoms with van der Waals surface area (Å²) in [6, 6.07) is 5.71. The topological polar surface area (TPSA) is 73.9 Å². The average Bonchev–Trinajstić information content (AvgIpc) is 3.08. The zero-order chi connectivity index (χ0) is 19.4. The van der Waals surface area contributed by atoms with Crippen molar-refractivity contribution in [3.63, 3.8) is 0 Å². The highest BCUT2D eigenvalue weighted by Crippen LogP contribution is 2.26. The first-order chi connectivity index (χ1) is 12.9. The maximum atomic E-state index is 12.3. The molecule has 1 unspecified atom stereocenters. The van der Waals surface area contributed by atoms with Crippen LogP contribution in [0.1, 0.15) is 31.9 Å². The Kier molecular flexibility index (Phi) is 6.34. The highest BCUT2D eigenvalue weighted by molar-refractivity contribution is 5.96. The van der Waals surface area contributed by atoms with Crippen molar-refractivity contribution in [1.82, 2.24) is 20.4 Å². The second-order valence-corrected chi connectivity index (χ2v) is 7.65. The van der Waals surface area contributed by atoms with Gasteiger partial charge in [0.2, 0.25) is 5.91 Å². The minimum Gasteiger partial charge on any atom is -0.493 e. The van der Waals surface area contributed by atoms with Crippen molar-refractivity contribution >= 4 is 11.9 Å². The molecule has 0 bridgehead atoms. The minimum atomic E-state index is -0.430. The second-order valence-electron chi connectivity index (χ2n) is 7.65. The van der Waals surface area contributed by atoms with E-state index in [1.165, 1.54) is 11.1 Å². The number of fused-ring (bicyclic) bond motifs is 1. The van der Waals surface area contributed by atoms with Gasteiger partial charge in [0.25, 0.3) is 0 Å². The molecule has 2 aliphatic rings. The predicted octanol–water partition coefficient (Wildman–Crippen LogP) is 1.36. The van der Waals surface area contributed by atoms with Crippen molar-refractivity contribution in [2.75, 3.05) is 32.8 Å². The molecule has 1 aromatic carbocycles. The van der Waals surface area contributed by atoms with Gasteiger partial charge in [-0.25, -0.2) is 4.79 Å². The number of hydrogen-bond acceptors (Lipinski definition) is 5. The Bertz CT molecular complexity index is 684. The van der Waals surface area contributed by atoms with Crippen LogP contribution in [0.3, 0.4) is 0 Å². The van der Waals surface area contributed by atoms with Crippen LogP contribution in [0.15, 0.2) is 18.2 Å². The van der Waals surface area contributed by atoms with Crippen LogP contribution in [0.2, 0.25) is 0 Å². The van der Waals surface area contributed by atoms with Crippen molar-refractivity contribution in [2.24, 2.45) is 0 Å². The van der Waals surface area contributed by atoms with E-state index in [1.807, 2.05) is 20.8 Å². The summed E-state index contributed by atoms with van der Waals surface area (Å²) in [4.78, 5) is 28.5. The average molecular weight is 374 g/mol. The number of nitrogens with one attached hydrogen (secondary N) is 2. The molecule has 7 nitrogen and oxygen atoms in total. The highest BCUT2D eigenvalue weighted by atomic mass is 16.5. The number of carbonyl (C=O) groups is 2. The van der Waals surface area contributed by atoms with Gasteiger partial charge in [0.1, 0.15) is 5.75 Å². The largest absolute Gasteiger partial charge is 0.493 e. The van der Waals surface area contributed by atoms with E-state index in [0.29, 0.717) is 0 Å². The van der Waals surface area contributed by atoms with E-state index in [2.05, 4.69) is 38.6 Å². The molecule has 2 heterocycles. The summed E-state index contributed by atoms with van der Waals surface area (Å²) in [5.74, 6) is 0.769. The molecule has 1 atom stereocenters. The summed E-state index contributed by atoms with van der Waals surface area (Å²) in [6.07, 6.45) is 0.994. The molecule has 3 amide bonds. The third-order valence-corrected chi connectivity index (χ3v) is 5.15. The molecule has 2 N–H and O–H groups in total. The number of nitrogens with zero attached hydrogens (tertiary/aromatic N) is 2. The minimum absolute atomic E-state index is 0.00225. The zero-order valence-corrected chi connectivity index (χ0v) is 16.5. The lowest BCUT2D eigenvalue weighted by Gasteiger charge is -2.37. The molecule has 3 rings (SSSR count). The van der Waals surface area contributed by atoms with Gasteiger partial charge in [0.15, 0.2) is 0 Å². The number of carbonyl (C=O) groups excluding carboxylic acids is 2. The molecule has 148 valence electrons. The van der Waals surface area contributed by atoms with E-state index in [4.69, 9.17) is 4.74 Å². The van der Waals surface area contributed by atoms with Gasteiger partial charge in [0.05, 0.1) is 12.6 Å². The van der Waals surface area contributed by atoms with Gasteiger partial charge in [-0.05, 0) is 38.0 Å². The van der Waals surface area contributed by atoms with Crippen molar-refractivity contribution < 1.29 is 14.3 Å². The third kappa shape index (κ3) is 5.20. The van der Waals surface area contributed by atoms with Crippen LogP contribution in [0.4, 0.5) is 4.79 Å². The summed E-state index contributed by atoms with van der Waals surface area (Å²) in [6.45, 7) is 10.7. The molecule has 0 aliphatic carbocycles. The Balaban J connectivity index is 1.45. The van der Waals surface area contributed by atoms with E-state index >= 15 is 0 Å². The summed E-state index contributed by atoms with van der Waals surface area (Å²) in [5, 5.41) is 5.10. The molecular weight excluding hydrogens is 344 g/mol. The van der Waals surface area contributed by atoms with Crippen molar-refractivity contribution in [1.29, 1.82) is 0 Å². The highest BCUT2D eigenvalue weighted by Gasteiger charge is 2.26. The lowest BCUT2D eigenvalue weighted by Crippen LogP contribution is -2.55. The van der Waals surface area contributed by atoms with Crippen LogP contribution in [0.25, 0.3) is 0 Å². The number of imide groups is 1. The van der Waals surface area contributed by atoms with Gasteiger partial charge in [0, 0.05) is 45.2 Å². The van der Waals surface area contributed by atoms with Gasteiger partial charge in [-0.1, -0.05) is 12.1 Å². The Morgan fingerprint density at radius 1 is 1.15 bits per heavy atom. The normalized spacial score (nSPS) is 18.7. The van der Waals surface area contributed by atoms with Gasteiger partial charge in [-0.2, -0.15) is 0 Å². The molecule has 1 saturated heterocycles. The van der Waals surface area contributed by atoms with Crippen molar-refractivity contribution in [2.45, 2.75) is 45.8 Å². The number of benzene rings is 1. The number of hydrogen-bond donors (Lipinski definition) is 2. The third-order valence-electron chi connectivity index (χ3n) is 5.15. The smallest absolute Gasteiger partial charge is 0.321 e. The SMILES string of the molecule is CC(C)NC(=O)NC(=O)C(C)N1CCN(Cc2ccc3c(c2)CCO3)CC1. The monoisotopic (exact) mass is 374 g/mol. The first-order valence-corrected chi connectivity index (χ1v) is 9.74. The van der Waals surface area contributed by atoms with Crippen LogP contribution in [0, 0.1) is 0 Å². The summed E-state index contributed by atoms with van der Waals surface area (Å²) >= 11 is 0. The molecule has 0 radical (unpaired) electrons. The molecule has 0 saturated carbocycles. The predicted molar refractivity (Wildman–Crippen MR) is 104 cm³/mol. The Hall–Kier alpha value is -2.12. The number of urea groups is 1. The lowest BCUT2D eigenvalue weighted by atomic mass is 10.1. The first-order valence-electron chi connectivity index (χ1n) is 9.74. The fourth-order valence-corrected chi connectivity index (χ4v) is 3.59. The van der Waals surface area contributed by atoms with Crippen LogP contribution in [-0.4, -0.2) is 66.6 Å². The zero-order valence-electron chi connectivity index (χ0n) is 16.5. The standard InChI is InChI=1S/C20H30N4O3/c1-14(2)21-20(26)22-19(25)15(3)24-9-7-23(8-10-24)13-16-4-5-18-17(12-16)6-11-27-18/h4-5,12,14-15H,6-11,13H2,1-3H3,(H2,21,22,25,26). The summed E-state index contributed by atoms with van der Waals surface area (Å²) in [5.41, 5.74) is 2.61. The maximum absolute atomic E-state index is 12.3. The summed E-state index contributed by atoms with van der Waals surface area (Å²) < 4.78 is 5.57. The number of ether oxygens (including phenoxy) is 1. The molecular formula is C20H30N4O3. The first kappa shape index (κ1) is 19.6. The quantitative estimate of drug-likeness (QED) is 0.814. The Morgan fingerprint density at radius 3 is 2.59 bits per heavy atom. The molecule has 0 spiro atoms. The van der Waals surface area contributed by atoms with Crippen LogP contribution < -0.4 is 15.4 Å². The second kappa shape index (κ2) is 8.71. The molecule has 0 aromatic heterocycles. The fraction of sp³-hybridized carbons (Fsp3) is 0.600. The number of amides is 3. The number of piperazine rings is 1. The molecule has 2 aliphatic heterocycles. The number of rotatable bonds is 5. The van der Waals surface area contributed by atoms with Crippen LogP contribution in [0.5, 0.6) is 5.75 Å². The molecule has 1 aromatic rings. The van der Waals surface area contributed by atoms with Crippen molar-refractivity contribution in [3.8, 4) is 5.75 Å². The molecule has 7 heteroatoms. The van der Waals surface area contributed by atoms with Crippen LogP contribution in [-0.2, 0) is 17.8 Å².